The highest BCUT2D eigenvalue weighted by atomic mass is 19.1. The van der Waals surface area contributed by atoms with E-state index < -0.39 is 0 Å². The number of nitrogens with one attached hydrogen (secondary N) is 1. The zero-order chi connectivity index (χ0) is 18.2. The summed E-state index contributed by atoms with van der Waals surface area (Å²) in [5.74, 6) is -0.250. The molecule has 1 aromatic carbocycles. The Morgan fingerprint density at radius 2 is 1.85 bits per heavy atom. The number of nitrogens with zero attached hydrogens (tertiary/aromatic N) is 2. The molecule has 6 heteroatoms. The highest BCUT2D eigenvalue weighted by Gasteiger charge is 2.21. The number of morpholine rings is 1. The molecule has 0 spiro atoms. The van der Waals surface area contributed by atoms with E-state index in [1.54, 1.807) is 12.1 Å². The zero-order valence-electron chi connectivity index (χ0n) is 15.5. The summed E-state index contributed by atoms with van der Waals surface area (Å²) in [5, 5.41) is 3.21. The lowest BCUT2D eigenvalue weighted by atomic mass is 9.96. The highest BCUT2D eigenvalue weighted by Crippen LogP contribution is 2.18. The predicted octanol–water partition coefficient (Wildman–Crippen LogP) is 3.00. The molecule has 1 heterocycles. The van der Waals surface area contributed by atoms with Crippen LogP contribution in [0.3, 0.4) is 0 Å². The minimum atomic E-state index is -0.250. The molecule has 1 aliphatic heterocycles. The topological polar surface area (TPSA) is 44.8 Å². The Hall–Kier alpha value is -1.66. The standard InChI is InChI=1S/C20H30FN3O2/c21-18-8-6-17(7-9-18)16-24(11-10-23-12-14-26-15-13-23)20(25)22-19-4-2-1-3-5-19/h6-9,19H,1-5,10-16H2,(H,22,25). The van der Waals surface area contributed by atoms with Gasteiger partial charge in [0.05, 0.1) is 13.2 Å². The smallest absolute Gasteiger partial charge is 0.317 e. The lowest BCUT2D eigenvalue weighted by Crippen LogP contribution is -2.48. The van der Waals surface area contributed by atoms with E-state index in [0.29, 0.717) is 13.1 Å². The number of hydrogen-bond donors (Lipinski definition) is 1. The predicted molar refractivity (Wildman–Crippen MR) is 99.5 cm³/mol. The van der Waals surface area contributed by atoms with E-state index in [4.69, 9.17) is 4.74 Å². The molecule has 26 heavy (non-hydrogen) atoms. The fourth-order valence-electron chi connectivity index (χ4n) is 3.66. The molecule has 1 saturated heterocycles. The van der Waals surface area contributed by atoms with Crippen molar-refractivity contribution in [3.05, 3.63) is 35.6 Å². The SMILES string of the molecule is O=C(NC1CCCCC1)N(CCN1CCOCC1)Cc1ccc(F)cc1. The number of rotatable bonds is 6. The van der Waals surface area contributed by atoms with Crippen molar-refractivity contribution in [1.82, 2.24) is 15.1 Å². The molecule has 2 aliphatic rings. The van der Waals surface area contributed by atoms with Gasteiger partial charge in [-0.05, 0) is 30.5 Å². The van der Waals surface area contributed by atoms with E-state index >= 15 is 0 Å². The van der Waals surface area contributed by atoms with Crippen molar-refractivity contribution >= 4 is 6.03 Å². The van der Waals surface area contributed by atoms with Gasteiger partial charge in [0.25, 0.3) is 0 Å². The minimum absolute atomic E-state index is 0.00511. The van der Waals surface area contributed by atoms with Gasteiger partial charge < -0.3 is 15.0 Å². The molecule has 1 aromatic rings. The van der Waals surface area contributed by atoms with Crippen LogP contribution in [0.25, 0.3) is 0 Å². The normalized spacial score (nSPS) is 19.3. The summed E-state index contributed by atoms with van der Waals surface area (Å²) in [6, 6.07) is 6.70. The third-order valence-electron chi connectivity index (χ3n) is 5.30. The van der Waals surface area contributed by atoms with Crippen molar-refractivity contribution in [1.29, 1.82) is 0 Å². The van der Waals surface area contributed by atoms with Gasteiger partial charge in [-0.25, -0.2) is 9.18 Å². The fraction of sp³-hybridized carbons (Fsp3) is 0.650. The average molecular weight is 363 g/mol. The molecule has 2 amide bonds. The minimum Gasteiger partial charge on any atom is -0.379 e. The Bertz CT molecular complexity index is 555. The number of amides is 2. The molecule has 5 nitrogen and oxygen atoms in total. The first-order chi connectivity index (χ1) is 12.7. The van der Waals surface area contributed by atoms with Crippen molar-refractivity contribution in [3.8, 4) is 0 Å². The van der Waals surface area contributed by atoms with Gasteiger partial charge in [0.1, 0.15) is 5.82 Å². The number of carbonyl (C=O) groups is 1. The van der Waals surface area contributed by atoms with E-state index in [0.717, 1.165) is 51.3 Å². The van der Waals surface area contributed by atoms with Gasteiger partial charge >= 0.3 is 6.03 Å². The van der Waals surface area contributed by atoms with Gasteiger partial charge in [-0.2, -0.15) is 0 Å². The Kier molecular flexibility index (Phi) is 7.26. The Labute approximate surface area is 155 Å². The van der Waals surface area contributed by atoms with E-state index in [1.807, 2.05) is 4.90 Å². The molecular formula is C20H30FN3O2. The Morgan fingerprint density at radius 1 is 1.15 bits per heavy atom. The third-order valence-corrected chi connectivity index (χ3v) is 5.30. The average Bonchev–Trinajstić information content (AvgIpc) is 2.68. The van der Waals surface area contributed by atoms with Crippen LogP contribution in [0.1, 0.15) is 37.7 Å². The number of halogens is 1. The zero-order valence-corrected chi connectivity index (χ0v) is 15.5. The van der Waals surface area contributed by atoms with Gasteiger partial charge in [-0.15, -0.1) is 0 Å². The van der Waals surface area contributed by atoms with E-state index in [-0.39, 0.29) is 17.9 Å². The molecular weight excluding hydrogens is 333 g/mol. The Morgan fingerprint density at radius 3 is 2.54 bits per heavy atom. The second-order valence-electron chi connectivity index (χ2n) is 7.29. The molecule has 1 N–H and O–H groups in total. The van der Waals surface area contributed by atoms with Crippen molar-refractivity contribution in [2.45, 2.75) is 44.7 Å². The molecule has 0 bridgehead atoms. The molecule has 2 fully saturated rings. The van der Waals surface area contributed by atoms with Gasteiger partial charge in [-0.1, -0.05) is 31.4 Å². The van der Waals surface area contributed by atoms with Crippen LogP contribution >= 0.6 is 0 Å². The number of benzene rings is 1. The van der Waals surface area contributed by atoms with Crippen LogP contribution in [-0.2, 0) is 11.3 Å². The maximum atomic E-state index is 13.2. The van der Waals surface area contributed by atoms with E-state index in [2.05, 4.69) is 10.2 Å². The molecule has 3 rings (SSSR count). The van der Waals surface area contributed by atoms with Gasteiger partial charge in [0.2, 0.25) is 0 Å². The number of hydrogen-bond acceptors (Lipinski definition) is 3. The molecule has 0 aromatic heterocycles. The Balaban J connectivity index is 1.58. The van der Waals surface area contributed by atoms with Crippen molar-refractivity contribution in [2.24, 2.45) is 0 Å². The van der Waals surface area contributed by atoms with Crippen molar-refractivity contribution < 1.29 is 13.9 Å². The monoisotopic (exact) mass is 363 g/mol. The molecule has 0 radical (unpaired) electrons. The highest BCUT2D eigenvalue weighted by molar-refractivity contribution is 5.74. The first-order valence-corrected chi connectivity index (χ1v) is 9.81. The summed E-state index contributed by atoms with van der Waals surface area (Å²) in [5.41, 5.74) is 0.951. The third kappa shape index (κ3) is 5.95. The number of urea groups is 1. The summed E-state index contributed by atoms with van der Waals surface area (Å²) in [7, 11) is 0. The van der Waals surface area contributed by atoms with Crippen molar-refractivity contribution in [3.63, 3.8) is 0 Å². The largest absolute Gasteiger partial charge is 0.379 e. The van der Waals surface area contributed by atoms with Crippen LogP contribution < -0.4 is 5.32 Å². The lowest BCUT2D eigenvalue weighted by molar-refractivity contribution is 0.0345. The molecule has 1 saturated carbocycles. The first-order valence-electron chi connectivity index (χ1n) is 9.81. The van der Waals surface area contributed by atoms with E-state index in [1.165, 1.54) is 31.4 Å². The fourth-order valence-corrected chi connectivity index (χ4v) is 3.66. The summed E-state index contributed by atoms with van der Waals surface area (Å²) < 4.78 is 18.6. The molecule has 0 unspecified atom stereocenters. The molecule has 1 aliphatic carbocycles. The molecule has 0 atom stereocenters. The first kappa shape index (κ1) is 19.1. The van der Waals surface area contributed by atoms with Crippen LogP contribution in [0.4, 0.5) is 9.18 Å². The summed E-state index contributed by atoms with van der Waals surface area (Å²) in [4.78, 5) is 17.0. The van der Waals surface area contributed by atoms with Gasteiger partial charge in [0, 0.05) is 38.8 Å². The van der Waals surface area contributed by atoms with Crippen LogP contribution in [0.15, 0.2) is 24.3 Å². The number of carbonyl (C=O) groups excluding carboxylic acids is 1. The van der Waals surface area contributed by atoms with Crippen LogP contribution in [-0.4, -0.2) is 61.3 Å². The lowest BCUT2D eigenvalue weighted by Gasteiger charge is -2.32. The van der Waals surface area contributed by atoms with Crippen LogP contribution in [0, 0.1) is 5.82 Å². The maximum absolute atomic E-state index is 13.2. The quantitative estimate of drug-likeness (QED) is 0.845. The second-order valence-corrected chi connectivity index (χ2v) is 7.29. The molecule has 144 valence electrons. The van der Waals surface area contributed by atoms with Crippen LogP contribution in [0.5, 0.6) is 0 Å². The van der Waals surface area contributed by atoms with Gasteiger partial charge in [-0.3, -0.25) is 4.90 Å². The summed E-state index contributed by atoms with van der Waals surface area (Å²) in [6.45, 7) is 5.34. The number of ether oxygens (including phenoxy) is 1. The van der Waals surface area contributed by atoms with E-state index in [9.17, 15) is 9.18 Å². The second kappa shape index (κ2) is 9.88. The van der Waals surface area contributed by atoms with Gasteiger partial charge in [0.15, 0.2) is 0 Å². The summed E-state index contributed by atoms with van der Waals surface area (Å²) >= 11 is 0. The maximum Gasteiger partial charge on any atom is 0.317 e. The summed E-state index contributed by atoms with van der Waals surface area (Å²) in [6.07, 6.45) is 5.79. The van der Waals surface area contributed by atoms with Crippen LogP contribution in [0.2, 0.25) is 0 Å². The van der Waals surface area contributed by atoms with Crippen molar-refractivity contribution in [2.75, 3.05) is 39.4 Å².